The van der Waals surface area contributed by atoms with Crippen molar-refractivity contribution in [3.63, 3.8) is 0 Å². The molecule has 2 saturated heterocycles. The number of carbonyl (C=O) groups excluding carboxylic acids is 2. The minimum Gasteiger partial charge on any atom is -0.448 e. The molecule has 2 aliphatic heterocycles. The molecule has 3 atom stereocenters. The van der Waals surface area contributed by atoms with Crippen LogP contribution in [0.1, 0.15) is 65.9 Å². The van der Waals surface area contributed by atoms with Crippen LogP contribution in [0.5, 0.6) is 11.5 Å². The van der Waals surface area contributed by atoms with Crippen molar-refractivity contribution in [1.29, 1.82) is 5.26 Å². The molecule has 42 heavy (non-hydrogen) atoms. The van der Waals surface area contributed by atoms with E-state index in [-0.39, 0.29) is 35.0 Å². The topological polar surface area (TPSA) is 128 Å². The van der Waals surface area contributed by atoms with Gasteiger partial charge < -0.3 is 15.0 Å². The highest BCUT2D eigenvalue weighted by Gasteiger charge is 2.61. The monoisotopic (exact) mass is 575 g/mol. The molecule has 11 heteroatoms. The number of nitrogens with zero attached hydrogens (tertiary/aromatic N) is 3. The van der Waals surface area contributed by atoms with E-state index in [0.717, 1.165) is 11.6 Å². The van der Waals surface area contributed by atoms with E-state index >= 15 is 4.39 Å². The molecule has 0 unspecified atom stereocenters. The number of aromatic nitrogens is 2. The molecular formula is C31H31F2N5O4. The number of aryl methyl sites for hydroxylation is 3. The molecule has 2 N–H and O–H groups in total. The third kappa shape index (κ3) is 4.81. The molecule has 0 radical (unpaired) electrons. The number of fused-ring (bicyclic) bond motifs is 1. The van der Waals surface area contributed by atoms with Gasteiger partial charge in [-0.3, -0.25) is 14.4 Å². The lowest BCUT2D eigenvalue weighted by molar-refractivity contribution is -0.135. The van der Waals surface area contributed by atoms with E-state index in [1.807, 2.05) is 0 Å². The molecule has 0 saturated carbocycles. The Morgan fingerprint density at radius 3 is 2.57 bits per heavy atom. The van der Waals surface area contributed by atoms with Gasteiger partial charge in [0.25, 0.3) is 5.91 Å². The first kappa shape index (κ1) is 28.9. The zero-order chi connectivity index (χ0) is 30.6. The molecule has 2 fully saturated rings. The van der Waals surface area contributed by atoms with Crippen LogP contribution in [0, 0.1) is 49.2 Å². The van der Waals surface area contributed by atoms with Gasteiger partial charge in [-0.05, 0) is 88.4 Å². The van der Waals surface area contributed by atoms with Gasteiger partial charge in [-0.1, -0.05) is 6.07 Å². The molecular weight excluding hydrogens is 544 g/mol. The van der Waals surface area contributed by atoms with Crippen molar-refractivity contribution < 1.29 is 23.1 Å². The first-order valence-electron chi connectivity index (χ1n) is 13.6. The van der Waals surface area contributed by atoms with Gasteiger partial charge in [0.05, 0.1) is 28.8 Å². The Bertz CT molecular complexity index is 1690. The van der Waals surface area contributed by atoms with Gasteiger partial charge in [-0.2, -0.15) is 10.4 Å². The molecule has 0 bridgehead atoms. The van der Waals surface area contributed by atoms with Crippen LogP contribution in [-0.2, 0) is 10.3 Å². The van der Waals surface area contributed by atoms with Gasteiger partial charge in [0, 0.05) is 18.1 Å². The minimum absolute atomic E-state index is 0.0297. The van der Waals surface area contributed by atoms with Gasteiger partial charge in [-0.15, -0.1) is 0 Å². The summed E-state index contributed by atoms with van der Waals surface area (Å²) in [5.41, 5.74) is -0.185. The summed E-state index contributed by atoms with van der Waals surface area (Å²) in [6.45, 7) is 8.51. The number of carbonyl (C=O) groups is 2. The fraction of sp³-hybridized carbons (Fsp3) is 0.387. The summed E-state index contributed by atoms with van der Waals surface area (Å²) < 4.78 is 34.7. The Kier molecular flexibility index (Phi) is 7.13. The minimum atomic E-state index is -0.947. The molecule has 5 rings (SSSR count). The van der Waals surface area contributed by atoms with Crippen molar-refractivity contribution in [3.05, 3.63) is 86.3 Å². The van der Waals surface area contributed by atoms with E-state index in [0.29, 0.717) is 24.1 Å². The maximum Gasteiger partial charge on any atom is 0.307 e. The number of ether oxygens (including phenoxy) is 1. The van der Waals surface area contributed by atoms with Gasteiger partial charge >= 0.3 is 5.56 Å². The van der Waals surface area contributed by atoms with Gasteiger partial charge in [0.2, 0.25) is 5.91 Å². The SMILES string of the molecule is Cc1cc(Oc2c(C)cc(C(=O)N[C@H]3C[C@@]4(c5ccc(F)cc5C)CC[C@H](C(C)(C)C#N)N4C3=O)cc2F)c(=O)[nH]n1. The molecule has 2 aliphatic rings. The summed E-state index contributed by atoms with van der Waals surface area (Å²) in [6.07, 6.45) is 1.34. The van der Waals surface area contributed by atoms with Crippen LogP contribution in [0.4, 0.5) is 8.78 Å². The molecule has 3 aromatic rings. The summed E-state index contributed by atoms with van der Waals surface area (Å²) in [7, 11) is 0. The van der Waals surface area contributed by atoms with Gasteiger partial charge in [0.1, 0.15) is 11.9 Å². The van der Waals surface area contributed by atoms with Crippen molar-refractivity contribution in [3.8, 4) is 17.6 Å². The van der Waals surface area contributed by atoms with E-state index < -0.39 is 46.1 Å². The average Bonchev–Trinajstić information content (AvgIpc) is 3.43. The highest BCUT2D eigenvalue weighted by molar-refractivity contribution is 5.99. The molecule has 2 amide bonds. The number of rotatable bonds is 6. The Morgan fingerprint density at radius 2 is 1.90 bits per heavy atom. The number of H-pyrrole nitrogens is 1. The summed E-state index contributed by atoms with van der Waals surface area (Å²) in [5, 5.41) is 18.7. The van der Waals surface area contributed by atoms with Crippen LogP contribution in [-0.4, -0.2) is 39.0 Å². The molecule has 218 valence electrons. The lowest BCUT2D eigenvalue weighted by Gasteiger charge is -2.40. The smallest absolute Gasteiger partial charge is 0.307 e. The van der Waals surface area contributed by atoms with E-state index in [1.54, 1.807) is 38.7 Å². The number of aromatic amines is 1. The zero-order valence-corrected chi connectivity index (χ0v) is 24.0. The lowest BCUT2D eigenvalue weighted by Crippen LogP contribution is -2.50. The molecule has 2 aromatic carbocycles. The van der Waals surface area contributed by atoms with Crippen molar-refractivity contribution in [2.75, 3.05) is 0 Å². The number of hydrogen-bond acceptors (Lipinski definition) is 6. The third-order valence-corrected chi connectivity index (χ3v) is 8.40. The largest absolute Gasteiger partial charge is 0.448 e. The number of amides is 2. The number of benzene rings is 2. The Morgan fingerprint density at radius 1 is 1.17 bits per heavy atom. The highest BCUT2D eigenvalue weighted by atomic mass is 19.1. The van der Waals surface area contributed by atoms with E-state index in [9.17, 15) is 24.0 Å². The van der Waals surface area contributed by atoms with Crippen molar-refractivity contribution in [1.82, 2.24) is 20.4 Å². The molecule has 0 aliphatic carbocycles. The first-order valence-corrected chi connectivity index (χ1v) is 13.6. The van der Waals surface area contributed by atoms with Crippen molar-refractivity contribution >= 4 is 11.8 Å². The predicted molar refractivity (Wildman–Crippen MR) is 149 cm³/mol. The molecule has 3 heterocycles. The van der Waals surface area contributed by atoms with E-state index in [4.69, 9.17) is 4.74 Å². The van der Waals surface area contributed by atoms with Crippen LogP contribution in [0.2, 0.25) is 0 Å². The van der Waals surface area contributed by atoms with Gasteiger partial charge in [-0.25, -0.2) is 13.9 Å². The Balaban J connectivity index is 1.45. The molecule has 1 aromatic heterocycles. The van der Waals surface area contributed by atoms with Crippen LogP contribution in [0.25, 0.3) is 0 Å². The third-order valence-electron chi connectivity index (χ3n) is 8.40. The molecule has 9 nitrogen and oxygen atoms in total. The fourth-order valence-corrected chi connectivity index (χ4v) is 6.38. The lowest BCUT2D eigenvalue weighted by atomic mass is 9.82. The number of halogens is 2. The number of nitrogens with one attached hydrogen (secondary N) is 2. The second-order valence-corrected chi connectivity index (χ2v) is 11.7. The van der Waals surface area contributed by atoms with Crippen LogP contribution >= 0.6 is 0 Å². The zero-order valence-electron chi connectivity index (χ0n) is 24.0. The Hall–Kier alpha value is -4.59. The number of nitriles is 1. The predicted octanol–water partition coefficient (Wildman–Crippen LogP) is 4.70. The van der Waals surface area contributed by atoms with E-state index in [2.05, 4.69) is 21.6 Å². The average molecular weight is 576 g/mol. The van der Waals surface area contributed by atoms with Crippen LogP contribution < -0.4 is 15.6 Å². The number of hydrogen-bond donors (Lipinski definition) is 2. The quantitative estimate of drug-likeness (QED) is 0.438. The van der Waals surface area contributed by atoms with Crippen LogP contribution in [0.15, 0.2) is 41.2 Å². The first-order chi connectivity index (χ1) is 19.8. The maximum atomic E-state index is 15.2. The molecule has 0 spiro atoms. The summed E-state index contributed by atoms with van der Waals surface area (Å²) in [6, 6.07) is 9.16. The second-order valence-electron chi connectivity index (χ2n) is 11.7. The van der Waals surface area contributed by atoms with E-state index in [1.165, 1.54) is 31.2 Å². The summed E-state index contributed by atoms with van der Waals surface area (Å²) in [4.78, 5) is 41.1. The normalized spacial score (nSPS) is 21.7. The van der Waals surface area contributed by atoms with Crippen molar-refractivity contribution in [2.45, 2.75) is 71.5 Å². The van der Waals surface area contributed by atoms with Gasteiger partial charge in [0.15, 0.2) is 17.3 Å². The maximum absolute atomic E-state index is 15.2. The summed E-state index contributed by atoms with van der Waals surface area (Å²) in [5.74, 6) is -2.62. The fourth-order valence-electron chi connectivity index (χ4n) is 6.38. The van der Waals surface area contributed by atoms with Crippen LogP contribution in [0.3, 0.4) is 0 Å². The van der Waals surface area contributed by atoms with Crippen molar-refractivity contribution in [2.24, 2.45) is 5.41 Å². The Labute approximate surface area is 241 Å². The standard InChI is InChI=1S/C31H31F2N5O4/c1-16-11-20(32)6-7-21(16)31-9-8-25(30(4,5)15-34)38(31)29(41)23(14-31)35-27(39)19-10-17(2)26(22(33)13-19)42-24-12-18(3)36-37-28(24)40/h6-7,10-13,23,25H,8-9,14H2,1-5H3,(H,35,39)(H,37,40)/t23-,25+,31+/m0/s1. The highest BCUT2D eigenvalue weighted by Crippen LogP contribution is 2.54. The summed E-state index contributed by atoms with van der Waals surface area (Å²) >= 11 is 0. The second kappa shape index (κ2) is 10.4.